The van der Waals surface area contributed by atoms with Crippen molar-refractivity contribution in [1.82, 2.24) is 4.98 Å². The van der Waals surface area contributed by atoms with Gasteiger partial charge in [0.15, 0.2) is 0 Å². The van der Waals surface area contributed by atoms with E-state index in [2.05, 4.69) is 292 Å². The summed E-state index contributed by atoms with van der Waals surface area (Å²) in [7, 11) is -3.15. The minimum atomic E-state index is -3.15. The molecule has 466 valence electrons. The van der Waals surface area contributed by atoms with Crippen LogP contribution in [0.4, 0.5) is 39.9 Å². The zero-order valence-electron chi connectivity index (χ0n) is 61.2. The Morgan fingerprint density at radius 2 is 0.923 bits per heavy atom. The molecule has 3 aliphatic heterocycles. The second kappa shape index (κ2) is 22.5. The maximum absolute atomic E-state index is 9.45. The van der Waals surface area contributed by atoms with Gasteiger partial charge in [0, 0.05) is 72.6 Å². The second-order valence-corrected chi connectivity index (χ2v) is 34.8. The number of hydrogen-bond acceptors (Lipinski definition) is 5. The number of ether oxygens (including phenoxy) is 1. The van der Waals surface area contributed by atoms with Crippen molar-refractivity contribution >= 4 is 68.8 Å². The first kappa shape index (κ1) is 57.2. The predicted molar refractivity (Wildman–Crippen MR) is 384 cm³/mol. The molecule has 0 unspecified atom stereocenters. The van der Waals surface area contributed by atoms with Gasteiger partial charge in [0.1, 0.15) is 13.9 Å². The van der Waals surface area contributed by atoms with E-state index in [0.717, 1.165) is 62.1 Å². The Balaban J connectivity index is 0.00000881. The Kier molecular flexibility index (Phi) is 14.1. The zero-order chi connectivity index (χ0) is 68.2. The number of anilines is 7. The minimum Gasteiger partial charge on any atom is -0.509 e. The maximum atomic E-state index is 9.45. The van der Waals surface area contributed by atoms with Crippen LogP contribution >= 0.6 is 0 Å². The van der Waals surface area contributed by atoms with Gasteiger partial charge >= 0.3 is 0 Å². The maximum Gasteiger partial charge on any atom is 0.135 e. The molecule has 4 heterocycles. The Bertz CT molecular complexity index is 4660. The van der Waals surface area contributed by atoms with E-state index in [1.165, 1.54) is 48.6 Å². The molecule has 0 amide bonds. The zero-order valence-corrected chi connectivity index (χ0v) is 59.5. The summed E-state index contributed by atoms with van der Waals surface area (Å²) >= 11 is 0. The van der Waals surface area contributed by atoms with E-state index in [9.17, 15) is 2.74 Å². The van der Waals surface area contributed by atoms with E-state index in [0.29, 0.717) is 22.7 Å². The monoisotopic (exact) mass is 1400 g/mol. The van der Waals surface area contributed by atoms with E-state index < -0.39 is 26.2 Å². The quantitative estimate of drug-likeness (QED) is 0.117. The Morgan fingerprint density at radius 1 is 0.418 bits per heavy atom. The van der Waals surface area contributed by atoms with Gasteiger partial charge in [0.2, 0.25) is 0 Å². The molecule has 13 rings (SSSR count). The summed E-state index contributed by atoms with van der Waals surface area (Å²) in [5, 5.41) is 5.23. The average Bonchev–Trinajstić information content (AvgIpc) is 1.07. The molecule has 0 saturated heterocycles. The number of hydrogen-bond donors (Lipinski definition) is 0. The van der Waals surface area contributed by atoms with Crippen LogP contribution in [0.2, 0.25) is 0 Å². The molecule has 1 aromatic heterocycles. The van der Waals surface area contributed by atoms with Crippen molar-refractivity contribution in [3.63, 3.8) is 0 Å². The summed E-state index contributed by atoms with van der Waals surface area (Å²) in [6.07, 6.45) is 1.94. The van der Waals surface area contributed by atoms with Crippen LogP contribution in [0.3, 0.4) is 0 Å². The molecule has 91 heavy (non-hydrogen) atoms. The molecule has 5 nitrogen and oxygen atoms in total. The van der Waals surface area contributed by atoms with Crippen molar-refractivity contribution in [3.8, 4) is 44.9 Å². The summed E-state index contributed by atoms with van der Waals surface area (Å²) < 4.78 is 52.8. The third kappa shape index (κ3) is 11.2. The molecular weight excluding hydrogens is 1300 g/mol. The molecule has 10 aromatic rings. The van der Waals surface area contributed by atoms with Crippen molar-refractivity contribution in [3.05, 3.63) is 246 Å². The van der Waals surface area contributed by atoms with E-state index >= 15 is 0 Å². The number of benzene rings is 9. The van der Waals surface area contributed by atoms with Gasteiger partial charge in [-0.1, -0.05) is 264 Å². The van der Waals surface area contributed by atoms with Crippen molar-refractivity contribution in [2.24, 2.45) is 0 Å². The second-order valence-electron chi connectivity index (χ2n) is 31.2. The van der Waals surface area contributed by atoms with Gasteiger partial charge in [-0.05, 0) is 128 Å². The SMILES string of the molecule is [2H]c1c([2H])c([2H])c(-c2cccc(-c3cc(C(C)(C)C)cc(C(C)(C)C)c3)c2N2[CH-]N(c3[c-]c(Oc4[c-]c5c(cc4)[Si]4(c6ccc(C(C)(C)C)cc6-c6cc(C(C)(C)C)ccc64)c4ccccc4N5c4cc(C(C)(C)C)ccn4)cc(C(C)(C)C)c3)c3ccccc32)c([2H])c1[2H].[Pt]. The normalized spacial score (nSPS) is 15.1. The topological polar surface area (TPSA) is 31.8 Å². The van der Waals surface area contributed by atoms with E-state index in [4.69, 9.17) is 13.8 Å². The molecule has 0 aliphatic carbocycles. The van der Waals surface area contributed by atoms with Crippen LogP contribution in [0.15, 0.2) is 194 Å². The van der Waals surface area contributed by atoms with Gasteiger partial charge in [-0.15, -0.1) is 53.4 Å². The van der Waals surface area contributed by atoms with Gasteiger partial charge < -0.3 is 19.4 Å². The summed E-state index contributed by atoms with van der Waals surface area (Å²) in [5.41, 5.74) is 16.1. The molecule has 1 spiro atoms. The molecule has 0 fully saturated rings. The minimum absolute atomic E-state index is 0. The molecule has 0 saturated carbocycles. The van der Waals surface area contributed by atoms with E-state index in [-0.39, 0.29) is 71.2 Å². The Morgan fingerprint density at radius 3 is 1.49 bits per heavy atom. The molecular formula is C84H87N4OPtSi-3. The summed E-state index contributed by atoms with van der Waals surface area (Å²) in [5.74, 6) is 1.83. The smallest absolute Gasteiger partial charge is 0.135 e. The van der Waals surface area contributed by atoms with Crippen LogP contribution in [0.5, 0.6) is 11.5 Å². The average molecular weight is 1400 g/mol. The van der Waals surface area contributed by atoms with Gasteiger partial charge in [-0.25, -0.2) is 4.98 Å². The fourth-order valence-electron chi connectivity index (χ4n) is 13.4. The third-order valence-electron chi connectivity index (χ3n) is 18.6. The van der Waals surface area contributed by atoms with Crippen LogP contribution in [0, 0.1) is 18.8 Å². The van der Waals surface area contributed by atoms with Crippen LogP contribution in [0.25, 0.3) is 33.4 Å². The number of fused-ring (bicyclic) bond motifs is 10. The first-order valence-electron chi connectivity index (χ1n) is 34.3. The first-order chi connectivity index (χ1) is 44.5. The third-order valence-corrected chi connectivity index (χ3v) is 23.5. The molecule has 0 bridgehead atoms. The van der Waals surface area contributed by atoms with E-state index in [1.807, 2.05) is 30.5 Å². The van der Waals surface area contributed by atoms with Gasteiger partial charge in [0.05, 0.1) is 6.85 Å². The Hall–Kier alpha value is -7.76. The summed E-state index contributed by atoms with van der Waals surface area (Å²) in [6.45, 7) is 42.6. The number of rotatable bonds is 7. The van der Waals surface area contributed by atoms with Crippen LogP contribution < -0.4 is 40.2 Å². The van der Waals surface area contributed by atoms with Crippen molar-refractivity contribution in [2.45, 2.75) is 157 Å². The number of para-hydroxylation sites is 4. The Labute approximate surface area is 565 Å². The fourth-order valence-corrected chi connectivity index (χ4v) is 18.8. The van der Waals surface area contributed by atoms with Crippen molar-refractivity contribution in [1.29, 1.82) is 0 Å². The van der Waals surface area contributed by atoms with Crippen molar-refractivity contribution < 1.29 is 32.7 Å². The summed E-state index contributed by atoms with van der Waals surface area (Å²) in [6, 6.07) is 63.6. The van der Waals surface area contributed by atoms with Gasteiger partial charge in [0.25, 0.3) is 0 Å². The van der Waals surface area contributed by atoms with Gasteiger partial charge in [-0.2, -0.15) is 6.07 Å². The largest absolute Gasteiger partial charge is 0.509 e. The van der Waals surface area contributed by atoms with Crippen LogP contribution in [-0.2, 0) is 53.6 Å². The van der Waals surface area contributed by atoms with Gasteiger partial charge in [-0.3, -0.25) is 0 Å². The first-order valence-corrected chi connectivity index (χ1v) is 33.8. The predicted octanol–water partition coefficient (Wildman–Crippen LogP) is 20.1. The standard InChI is InChI=1S/C84H87N4OSi.Pt/c1-79(2,3)56-35-38-73-67(48-56)68-49-57(80(4,5)6)36-39-74(68)90(73)75-34-25-24-33-71(75)88(77-50-58(41-42-85-77)81(7,8)9)72-52-63(37-40-76(72)90)89-64-47-61(84(16,17)18)46-62(51-64)86-53-87(70-32-23-22-31-69(70)86)78-65(54-27-20-19-21-28-54)29-26-30-66(78)55-43-59(82(10,11)12)45-60(44-55)83(13,14)15;/h19-50,53H,1-18H3;/q-3;/i19D,20D,21D,27D,28D;. The van der Waals surface area contributed by atoms with Crippen LogP contribution in [-0.4, -0.2) is 13.1 Å². The summed E-state index contributed by atoms with van der Waals surface area (Å²) in [4.78, 5) is 11.8. The molecule has 0 atom stereocenters. The number of nitrogens with zero attached hydrogens (tertiary/aromatic N) is 4. The van der Waals surface area contributed by atoms with E-state index in [1.54, 1.807) is 0 Å². The molecule has 9 aromatic carbocycles. The molecule has 7 heteroatoms. The number of aromatic nitrogens is 1. The molecule has 3 aliphatic rings. The number of pyridine rings is 1. The molecule has 0 N–H and O–H groups in total. The van der Waals surface area contributed by atoms with Crippen LogP contribution in [0.1, 0.15) is 165 Å². The van der Waals surface area contributed by atoms with Crippen molar-refractivity contribution in [2.75, 3.05) is 14.7 Å². The molecule has 0 radical (unpaired) electrons. The fraction of sp³-hybridized carbons (Fsp3) is 0.286.